The average molecular weight is 333 g/mol. The lowest BCUT2D eigenvalue weighted by Crippen LogP contribution is -2.07. The molecule has 0 aliphatic heterocycles. The van der Waals surface area contributed by atoms with Crippen LogP contribution in [0.5, 0.6) is 5.75 Å². The number of aryl methyl sites for hydroxylation is 3. The molecule has 0 saturated carbocycles. The Morgan fingerprint density at radius 2 is 1.75 bits per heavy atom. The van der Waals surface area contributed by atoms with Crippen molar-refractivity contribution in [1.82, 2.24) is 0 Å². The molecular weight excluding hydrogens is 316 g/mol. The highest BCUT2D eigenvalue weighted by atomic mass is 79.9. The van der Waals surface area contributed by atoms with Crippen LogP contribution >= 0.6 is 15.9 Å². The second-order valence-electron chi connectivity index (χ2n) is 4.95. The molecule has 0 aromatic heterocycles. The minimum Gasteiger partial charge on any atom is -0.496 e. The highest BCUT2D eigenvalue weighted by molar-refractivity contribution is 9.10. The molecular formula is C17H17BrO2. The molecule has 0 fully saturated rings. The molecule has 0 saturated heterocycles. The molecule has 2 aromatic rings. The maximum atomic E-state index is 12.7. The Hall–Kier alpha value is -1.61. The van der Waals surface area contributed by atoms with Gasteiger partial charge in [-0.05, 0) is 49.6 Å². The van der Waals surface area contributed by atoms with Gasteiger partial charge in [0.1, 0.15) is 5.75 Å². The largest absolute Gasteiger partial charge is 0.496 e. The number of ketones is 1. The third kappa shape index (κ3) is 2.78. The van der Waals surface area contributed by atoms with Crippen LogP contribution in [0.2, 0.25) is 0 Å². The number of benzene rings is 2. The fraction of sp³-hybridized carbons (Fsp3) is 0.235. The number of methoxy groups -OCH3 is 1. The van der Waals surface area contributed by atoms with E-state index in [1.165, 1.54) is 0 Å². The van der Waals surface area contributed by atoms with E-state index in [2.05, 4.69) is 15.9 Å². The van der Waals surface area contributed by atoms with Gasteiger partial charge in [0.2, 0.25) is 0 Å². The first-order chi connectivity index (χ1) is 9.43. The van der Waals surface area contributed by atoms with Gasteiger partial charge in [-0.3, -0.25) is 4.79 Å². The van der Waals surface area contributed by atoms with E-state index in [-0.39, 0.29) is 5.78 Å². The zero-order valence-electron chi connectivity index (χ0n) is 12.1. The molecule has 0 spiro atoms. The number of rotatable bonds is 3. The van der Waals surface area contributed by atoms with Crippen molar-refractivity contribution in [2.75, 3.05) is 7.11 Å². The first-order valence-electron chi connectivity index (χ1n) is 6.40. The van der Waals surface area contributed by atoms with Gasteiger partial charge in [-0.1, -0.05) is 34.1 Å². The molecule has 0 aliphatic rings. The Bertz CT molecular complexity index is 675. The average Bonchev–Trinajstić information content (AvgIpc) is 2.40. The Kier molecular flexibility index (Phi) is 4.29. The number of hydrogen-bond donors (Lipinski definition) is 0. The highest BCUT2D eigenvalue weighted by Crippen LogP contribution is 2.28. The van der Waals surface area contributed by atoms with Crippen LogP contribution in [0.25, 0.3) is 0 Å². The van der Waals surface area contributed by atoms with E-state index < -0.39 is 0 Å². The zero-order chi connectivity index (χ0) is 14.9. The zero-order valence-corrected chi connectivity index (χ0v) is 13.7. The lowest BCUT2D eigenvalue weighted by molar-refractivity contribution is 0.103. The van der Waals surface area contributed by atoms with E-state index >= 15 is 0 Å². The van der Waals surface area contributed by atoms with Crippen molar-refractivity contribution in [2.45, 2.75) is 20.8 Å². The molecule has 0 aliphatic carbocycles. The molecule has 3 heteroatoms. The van der Waals surface area contributed by atoms with Gasteiger partial charge < -0.3 is 4.74 Å². The van der Waals surface area contributed by atoms with Crippen LogP contribution in [0.1, 0.15) is 32.6 Å². The van der Waals surface area contributed by atoms with Crippen LogP contribution in [0.3, 0.4) is 0 Å². The minimum atomic E-state index is -0.0138. The van der Waals surface area contributed by atoms with E-state index in [9.17, 15) is 4.79 Å². The topological polar surface area (TPSA) is 26.3 Å². The summed E-state index contributed by atoms with van der Waals surface area (Å²) < 4.78 is 6.31. The van der Waals surface area contributed by atoms with E-state index in [0.29, 0.717) is 16.9 Å². The molecule has 2 aromatic carbocycles. The van der Waals surface area contributed by atoms with Gasteiger partial charge in [0.25, 0.3) is 0 Å². The van der Waals surface area contributed by atoms with E-state index in [4.69, 9.17) is 4.74 Å². The molecule has 0 N–H and O–H groups in total. The molecule has 2 nitrogen and oxygen atoms in total. The van der Waals surface area contributed by atoms with E-state index in [1.807, 2.05) is 51.1 Å². The number of halogens is 1. The molecule has 0 radical (unpaired) electrons. The van der Waals surface area contributed by atoms with Gasteiger partial charge in [0.15, 0.2) is 5.78 Å². The van der Waals surface area contributed by atoms with Crippen molar-refractivity contribution < 1.29 is 9.53 Å². The first-order valence-corrected chi connectivity index (χ1v) is 7.19. The van der Waals surface area contributed by atoms with Crippen LogP contribution in [-0.4, -0.2) is 12.9 Å². The summed E-state index contributed by atoms with van der Waals surface area (Å²) >= 11 is 3.47. The van der Waals surface area contributed by atoms with E-state index in [0.717, 1.165) is 21.2 Å². The lowest BCUT2D eigenvalue weighted by Gasteiger charge is -2.12. The SMILES string of the molecule is COc1cc(C)cc(C)c1C(=O)c1ccc(C)c(Br)c1. The van der Waals surface area contributed by atoms with Crippen molar-refractivity contribution in [3.05, 3.63) is 62.6 Å². The van der Waals surface area contributed by atoms with Gasteiger partial charge in [0.05, 0.1) is 12.7 Å². The first kappa shape index (κ1) is 14.8. The number of ether oxygens (including phenoxy) is 1. The summed E-state index contributed by atoms with van der Waals surface area (Å²) in [6, 6.07) is 9.54. The second-order valence-corrected chi connectivity index (χ2v) is 5.81. The number of carbonyl (C=O) groups is 1. The minimum absolute atomic E-state index is 0.0138. The summed E-state index contributed by atoms with van der Waals surface area (Å²) in [4.78, 5) is 12.7. The quantitative estimate of drug-likeness (QED) is 0.767. The fourth-order valence-electron chi connectivity index (χ4n) is 2.26. The maximum absolute atomic E-state index is 12.7. The molecule has 20 heavy (non-hydrogen) atoms. The van der Waals surface area contributed by atoms with Crippen molar-refractivity contribution in [1.29, 1.82) is 0 Å². The van der Waals surface area contributed by atoms with Gasteiger partial charge in [0, 0.05) is 10.0 Å². The van der Waals surface area contributed by atoms with Crippen molar-refractivity contribution in [2.24, 2.45) is 0 Å². The maximum Gasteiger partial charge on any atom is 0.197 e. The Labute approximate surface area is 127 Å². The standard InChI is InChI=1S/C17H17BrO2/c1-10-7-12(3)16(15(8-10)20-4)17(19)13-6-5-11(2)14(18)9-13/h5-9H,1-4H3. The van der Waals surface area contributed by atoms with Crippen LogP contribution in [0, 0.1) is 20.8 Å². The molecule has 0 unspecified atom stereocenters. The summed E-state index contributed by atoms with van der Waals surface area (Å²) in [5.41, 5.74) is 4.42. The number of carbonyl (C=O) groups excluding carboxylic acids is 1. The lowest BCUT2D eigenvalue weighted by atomic mass is 9.96. The molecule has 104 valence electrons. The molecule has 2 rings (SSSR count). The monoisotopic (exact) mass is 332 g/mol. The van der Waals surface area contributed by atoms with Crippen molar-refractivity contribution in [3.63, 3.8) is 0 Å². The molecule has 0 amide bonds. The van der Waals surface area contributed by atoms with Gasteiger partial charge >= 0.3 is 0 Å². The smallest absolute Gasteiger partial charge is 0.197 e. The summed E-state index contributed by atoms with van der Waals surface area (Å²) in [6.07, 6.45) is 0. The normalized spacial score (nSPS) is 10.4. The summed E-state index contributed by atoms with van der Waals surface area (Å²) in [7, 11) is 1.59. The van der Waals surface area contributed by atoms with Gasteiger partial charge in [-0.15, -0.1) is 0 Å². The second kappa shape index (κ2) is 5.80. The van der Waals surface area contributed by atoms with Crippen molar-refractivity contribution >= 4 is 21.7 Å². The third-order valence-electron chi connectivity index (χ3n) is 3.32. The Balaban J connectivity index is 2.55. The third-order valence-corrected chi connectivity index (χ3v) is 4.18. The molecule has 0 atom stereocenters. The highest BCUT2D eigenvalue weighted by Gasteiger charge is 2.18. The predicted octanol–water partition coefficient (Wildman–Crippen LogP) is 4.61. The van der Waals surface area contributed by atoms with Gasteiger partial charge in [-0.25, -0.2) is 0 Å². The van der Waals surface area contributed by atoms with Crippen LogP contribution in [0.4, 0.5) is 0 Å². The summed E-state index contributed by atoms with van der Waals surface area (Å²) in [5.74, 6) is 0.615. The van der Waals surface area contributed by atoms with Crippen molar-refractivity contribution in [3.8, 4) is 5.75 Å². The summed E-state index contributed by atoms with van der Waals surface area (Å²) in [5, 5.41) is 0. The fourth-order valence-corrected chi connectivity index (χ4v) is 2.64. The number of hydrogen-bond acceptors (Lipinski definition) is 2. The Morgan fingerprint density at radius 3 is 2.35 bits per heavy atom. The van der Waals surface area contributed by atoms with Crippen LogP contribution < -0.4 is 4.74 Å². The van der Waals surface area contributed by atoms with Crippen LogP contribution in [-0.2, 0) is 0 Å². The molecule has 0 bridgehead atoms. The van der Waals surface area contributed by atoms with E-state index in [1.54, 1.807) is 7.11 Å². The Morgan fingerprint density at radius 1 is 1.05 bits per heavy atom. The van der Waals surface area contributed by atoms with Gasteiger partial charge in [-0.2, -0.15) is 0 Å². The predicted molar refractivity (Wildman–Crippen MR) is 84.8 cm³/mol. The molecule has 0 heterocycles. The van der Waals surface area contributed by atoms with Crippen LogP contribution in [0.15, 0.2) is 34.8 Å². The summed E-state index contributed by atoms with van der Waals surface area (Å²) in [6.45, 7) is 5.92.